The predicted octanol–water partition coefficient (Wildman–Crippen LogP) is 3.48. The van der Waals surface area contributed by atoms with E-state index in [4.69, 9.17) is 4.74 Å². The quantitative estimate of drug-likeness (QED) is 0.739. The van der Waals surface area contributed by atoms with E-state index in [2.05, 4.69) is 25.7 Å². The topological polar surface area (TPSA) is 29.5 Å². The Morgan fingerprint density at radius 3 is 2.55 bits per heavy atom. The number of carbonyl (C=O) groups is 1. The summed E-state index contributed by atoms with van der Waals surface area (Å²) >= 11 is 0. The smallest absolute Gasteiger partial charge is 0.320 e. The first-order valence-corrected chi connectivity index (χ1v) is 8.48. The van der Waals surface area contributed by atoms with Crippen molar-refractivity contribution in [3.05, 3.63) is 0 Å². The highest BCUT2D eigenvalue weighted by Crippen LogP contribution is 2.35. The standard InChI is InChI=1S/C17H31NO2/c1-13(2)15-8-7-14(3)11-16(15)20-17(19)12-18-9-5-4-6-10-18/h13-16H,4-12H2,1-3H3/t14-,15-,16-/m0/s1. The van der Waals surface area contributed by atoms with Crippen LogP contribution in [0.1, 0.15) is 59.3 Å². The zero-order valence-corrected chi connectivity index (χ0v) is 13.4. The Morgan fingerprint density at radius 2 is 1.90 bits per heavy atom. The Balaban J connectivity index is 1.83. The van der Waals surface area contributed by atoms with Gasteiger partial charge in [0.05, 0.1) is 6.54 Å². The van der Waals surface area contributed by atoms with Gasteiger partial charge in [0.1, 0.15) is 6.10 Å². The molecule has 0 radical (unpaired) electrons. The highest BCUT2D eigenvalue weighted by molar-refractivity contribution is 5.71. The molecule has 3 nitrogen and oxygen atoms in total. The van der Waals surface area contributed by atoms with E-state index in [1.54, 1.807) is 0 Å². The fourth-order valence-electron chi connectivity index (χ4n) is 3.76. The summed E-state index contributed by atoms with van der Waals surface area (Å²) in [5.41, 5.74) is 0. The predicted molar refractivity (Wildman–Crippen MR) is 81.5 cm³/mol. The van der Waals surface area contributed by atoms with E-state index in [0.29, 0.717) is 24.3 Å². The lowest BCUT2D eigenvalue weighted by atomic mass is 9.75. The van der Waals surface area contributed by atoms with Gasteiger partial charge in [-0.15, -0.1) is 0 Å². The molecule has 3 atom stereocenters. The minimum Gasteiger partial charge on any atom is -0.461 e. The molecule has 0 spiro atoms. The summed E-state index contributed by atoms with van der Waals surface area (Å²) in [6, 6.07) is 0. The number of nitrogens with zero attached hydrogens (tertiary/aromatic N) is 1. The fraction of sp³-hybridized carbons (Fsp3) is 0.941. The Morgan fingerprint density at radius 1 is 1.20 bits per heavy atom. The van der Waals surface area contributed by atoms with E-state index in [0.717, 1.165) is 19.5 Å². The van der Waals surface area contributed by atoms with Gasteiger partial charge in [-0.1, -0.05) is 33.6 Å². The van der Waals surface area contributed by atoms with Crippen LogP contribution in [0.15, 0.2) is 0 Å². The van der Waals surface area contributed by atoms with Crippen LogP contribution in [-0.2, 0) is 9.53 Å². The maximum absolute atomic E-state index is 12.2. The number of likely N-dealkylation sites (tertiary alicyclic amines) is 1. The summed E-state index contributed by atoms with van der Waals surface area (Å²) in [6.45, 7) is 9.41. The highest BCUT2D eigenvalue weighted by Gasteiger charge is 2.33. The Labute approximate surface area is 124 Å². The van der Waals surface area contributed by atoms with Crippen molar-refractivity contribution in [3.8, 4) is 0 Å². The van der Waals surface area contributed by atoms with Gasteiger partial charge in [-0.25, -0.2) is 0 Å². The summed E-state index contributed by atoms with van der Waals surface area (Å²) in [7, 11) is 0. The average molecular weight is 281 g/mol. The maximum Gasteiger partial charge on any atom is 0.320 e. The van der Waals surface area contributed by atoms with Crippen LogP contribution in [0, 0.1) is 17.8 Å². The molecule has 0 amide bonds. The van der Waals surface area contributed by atoms with E-state index in [9.17, 15) is 4.79 Å². The van der Waals surface area contributed by atoms with Gasteiger partial charge in [0.15, 0.2) is 0 Å². The van der Waals surface area contributed by atoms with Gasteiger partial charge in [0, 0.05) is 0 Å². The van der Waals surface area contributed by atoms with Gasteiger partial charge in [0.25, 0.3) is 0 Å². The first-order chi connectivity index (χ1) is 9.56. The molecule has 2 aliphatic rings. The molecule has 1 aliphatic carbocycles. The third-order valence-electron chi connectivity index (χ3n) is 5.05. The second-order valence-electron chi connectivity index (χ2n) is 7.19. The molecule has 1 saturated carbocycles. The van der Waals surface area contributed by atoms with E-state index in [1.807, 2.05) is 0 Å². The highest BCUT2D eigenvalue weighted by atomic mass is 16.5. The van der Waals surface area contributed by atoms with Gasteiger partial charge >= 0.3 is 5.97 Å². The van der Waals surface area contributed by atoms with Gasteiger partial charge < -0.3 is 4.74 Å². The van der Waals surface area contributed by atoms with Gasteiger partial charge in [-0.2, -0.15) is 0 Å². The molecule has 1 saturated heterocycles. The molecule has 1 aliphatic heterocycles. The lowest BCUT2D eigenvalue weighted by molar-refractivity contribution is -0.157. The minimum absolute atomic E-state index is 0.00310. The van der Waals surface area contributed by atoms with Gasteiger partial charge in [-0.3, -0.25) is 9.69 Å². The van der Waals surface area contributed by atoms with Gasteiger partial charge in [-0.05, 0) is 56.5 Å². The second-order valence-corrected chi connectivity index (χ2v) is 7.19. The molecule has 0 bridgehead atoms. The van der Waals surface area contributed by atoms with Gasteiger partial charge in [0.2, 0.25) is 0 Å². The minimum atomic E-state index is -0.00310. The third-order valence-corrected chi connectivity index (χ3v) is 5.05. The second kappa shape index (κ2) is 7.44. The summed E-state index contributed by atoms with van der Waals surface area (Å²) in [6.07, 6.45) is 7.44. The van der Waals surface area contributed by atoms with Crippen LogP contribution in [0.2, 0.25) is 0 Å². The fourth-order valence-corrected chi connectivity index (χ4v) is 3.76. The molecule has 20 heavy (non-hydrogen) atoms. The number of rotatable bonds is 4. The van der Waals surface area contributed by atoms with E-state index < -0.39 is 0 Å². The summed E-state index contributed by atoms with van der Waals surface area (Å²) in [5.74, 6) is 1.85. The zero-order chi connectivity index (χ0) is 14.5. The van der Waals surface area contributed by atoms with E-state index in [1.165, 1.54) is 32.1 Å². The van der Waals surface area contributed by atoms with Crippen LogP contribution >= 0.6 is 0 Å². The van der Waals surface area contributed by atoms with E-state index in [-0.39, 0.29) is 12.1 Å². The van der Waals surface area contributed by atoms with Crippen molar-refractivity contribution in [1.29, 1.82) is 0 Å². The van der Waals surface area contributed by atoms with Crippen molar-refractivity contribution in [1.82, 2.24) is 4.90 Å². The van der Waals surface area contributed by atoms with Crippen molar-refractivity contribution < 1.29 is 9.53 Å². The van der Waals surface area contributed by atoms with Crippen molar-refractivity contribution in [3.63, 3.8) is 0 Å². The Bertz CT molecular complexity index is 310. The van der Waals surface area contributed by atoms with Crippen molar-refractivity contribution in [2.45, 2.75) is 65.4 Å². The summed E-state index contributed by atoms with van der Waals surface area (Å²) in [4.78, 5) is 14.4. The molecule has 116 valence electrons. The summed E-state index contributed by atoms with van der Waals surface area (Å²) in [5, 5.41) is 0. The molecule has 0 aromatic rings. The van der Waals surface area contributed by atoms with Crippen molar-refractivity contribution in [2.75, 3.05) is 19.6 Å². The van der Waals surface area contributed by atoms with Crippen LogP contribution in [0.5, 0.6) is 0 Å². The maximum atomic E-state index is 12.2. The molecule has 2 fully saturated rings. The van der Waals surface area contributed by atoms with Crippen LogP contribution in [0.3, 0.4) is 0 Å². The number of hydrogen-bond donors (Lipinski definition) is 0. The molecule has 3 heteroatoms. The number of hydrogen-bond acceptors (Lipinski definition) is 3. The van der Waals surface area contributed by atoms with E-state index >= 15 is 0 Å². The molecule has 0 N–H and O–H groups in total. The first kappa shape index (κ1) is 15.8. The summed E-state index contributed by atoms with van der Waals surface area (Å²) < 4.78 is 5.86. The molecular formula is C17H31NO2. The van der Waals surface area contributed by atoms with Crippen LogP contribution < -0.4 is 0 Å². The Kier molecular flexibility index (Phi) is 5.88. The number of carbonyl (C=O) groups excluding carboxylic acids is 1. The van der Waals surface area contributed by atoms with Crippen LogP contribution in [0.25, 0.3) is 0 Å². The molecular weight excluding hydrogens is 250 g/mol. The lowest BCUT2D eigenvalue weighted by Crippen LogP contribution is -2.40. The van der Waals surface area contributed by atoms with Crippen LogP contribution in [-0.4, -0.2) is 36.6 Å². The van der Waals surface area contributed by atoms with Crippen LogP contribution in [0.4, 0.5) is 0 Å². The Hall–Kier alpha value is -0.570. The first-order valence-electron chi connectivity index (χ1n) is 8.48. The monoisotopic (exact) mass is 281 g/mol. The number of esters is 1. The molecule has 0 aromatic carbocycles. The normalized spacial score (nSPS) is 32.3. The largest absolute Gasteiger partial charge is 0.461 e. The molecule has 0 unspecified atom stereocenters. The molecule has 2 rings (SSSR count). The molecule has 1 heterocycles. The molecule has 0 aromatic heterocycles. The SMILES string of the molecule is CC(C)[C@@H]1CC[C@H](C)C[C@@H]1OC(=O)CN1CCCCC1. The average Bonchev–Trinajstić information content (AvgIpc) is 2.39. The van der Waals surface area contributed by atoms with Crippen molar-refractivity contribution >= 4 is 5.97 Å². The zero-order valence-electron chi connectivity index (χ0n) is 13.4. The number of piperidine rings is 1. The lowest BCUT2D eigenvalue weighted by Gasteiger charge is -2.37. The van der Waals surface area contributed by atoms with Crippen molar-refractivity contribution in [2.24, 2.45) is 17.8 Å². The third kappa shape index (κ3) is 4.47. The number of ether oxygens (including phenoxy) is 1.